The number of hydrogen-bond donors (Lipinski definition) is 0. The minimum Gasteiger partial charge on any atom is -0.493 e. The topological polar surface area (TPSA) is 31.4 Å². The van der Waals surface area contributed by atoms with Gasteiger partial charge in [-0.1, -0.05) is 0 Å². The van der Waals surface area contributed by atoms with Gasteiger partial charge in [0.25, 0.3) is 0 Å². The van der Waals surface area contributed by atoms with Crippen LogP contribution in [0.15, 0.2) is 24.4 Å². The molecule has 3 nitrogen and oxygen atoms in total. The number of fused-ring (bicyclic) bond motifs is 1. The van der Waals surface area contributed by atoms with Crippen LogP contribution >= 0.6 is 0 Å². The van der Waals surface area contributed by atoms with E-state index in [0.717, 1.165) is 10.9 Å². The summed E-state index contributed by atoms with van der Waals surface area (Å²) in [5.74, 6) is 1.39. The van der Waals surface area contributed by atoms with Gasteiger partial charge in [0, 0.05) is 17.6 Å². The Morgan fingerprint density at radius 1 is 1.14 bits per heavy atom. The van der Waals surface area contributed by atoms with Gasteiger partial charge in [-0.05, 0) is 18.2 Å². The molecule has 0 unspecified atom stereocenters. The Labute approximate surface area is 82.3 Å². The Hall–Kier alpha value is -1.77. The molecule has 1 aromatic heterocycles. The number of pyridine rings is 1. The second-order valence-corrected chi connectivity index (χ2v) is 2.81. The lowest BCUT2D eigenvalue weighted by Crippen LogP contribution is -1.91. The molecule has 0 saturated carbocycles. The molecule has 0 bridgehead atoms. The van der Waals surface area contributed by atoms with Crippen molar-refractivity contribution in [2.24, 2.45) is 0 Å². The number of nitrogens with zero attached hydrogens (tertiary/aromatic N) is 1. The fraction of sp³-hybridized carbons (Fsp3) is 0.182. The van der Waals surface area contributed by atoms with Gasteiger partial charge in [0.2, 0.25) is 0 Å². The lowest BCUT2D eigenvalue weighted by atomic mass is 10.2. The monoisotopic (exact) mass is 188 g/mol. The van der Waals surface area contributed by atoms with E-state index in [1.807, 2.05) is 12.1 Å². The van der Waals surface area contributed by atoms with Crippen molar-refractivity contribution in [3.63, 3.8) is 0 Å². The van der Waals surface area contributed by atoms with E-state index in [9.17, 15) is 0 Å². The van der Waals surface area contributed by atoms with Gasteiger partial charge < -0.3 is 9.47 Å². The third kappa shape index (κ3) is 1.37. The first-order valence-electron chi connectivity index (χ1n) is 4.23. The summed E-state index contributed by atoms with van der Waals surface area (Å²) in [6, 6.07) is 8.55. The molecule has 0 atom stereocenters. The van der Waals surface area contributed by atoms with E-state index in [-0.39, 0.29) is 0 Å². The SMILES string of the molecule is COc1cc2[c]ccnc2cc1OC. The van der Waals surface area contributed by atoms with Crippen LogP contribution in [0.5, 0.6) is 11.5 Å². The number of aromatic nitrogens is 1. The maximum Gasteiger partial charge on any atom is 0.162 e. The zero-order valence-corrected chi connectivity index (χ0v) is 8.07. The molecule has 1 aromatic carbocycles. The van der Waals surface area contributed by atoms with Crippen molar-refractivity contribution in [1.82, 2.24) is 4.98 Å². The molecule has 1 heterocycles. The van der Waals surface area contributed by atoms with Gasteiger partial charge in [-0.2, -0.15) is 0 Å². The average molecular weight is 188 g/mol. The smallest absolute Gasteiger partial charge is 0.162 e. The minimum absolute atomic E-state index is 0.687. The highest BCUT2D eigenvalue weighted by Gasteiger charge is 2.05. The molecular weight excluding hydrogens is 178 g/mol. The van der Waals surface area contributed by atoms with E-state index in [1.165, 1.54) is 0 Å². The van der Waals surface area contributed by atoms with Gasteiger partial charge in [-0.3, -0.25) is 4.98 Å². The predicted molar refractivity (Wildman–Crippen MR) is 53.7 cm³/mol. The maximum atomic E-state index is 5.17. The maximum absolute atomic E-state index is 5.17. The molecular formula is C11H10NO2. The van der Waals surface area contributed by atoms with Crippen LogP contribution in [0.2, 0.25) is 0 Å². The highest BCUT2D eigenvalue weighted by Crippen LogP contribution is 2.30. The Balaban J connectivity index is 2.69. The molecule has 0 fully saturated rings. The zero-order valence-electron chi connectivity index (χ0n) is 8.07. The van der Waals surface area contributed by atoms with Crippen LogP contribution in [0.25, 0.3) is 10.9 Å². The molecule has 0 amide bonds. The number of rotatable bonds is 2. The molecule has 71 valence electrons. The average Bonchev–Trinajstić information content (AvgIpc) is 2.27. The van der Waals surface area contributed by atoms with Gasteiger partial charge in [0.15, 0.2) is 11.5 Å². The highest BCUT2D eigenvalue weighted by molar-refractivity contribution is 5.81. The first kappa shape index (κ1) is 8.81. The summed E-state index contributed by atoms with van der Waals surface area (Å²) in [6.45, 7) is 0. The minimum atomic E-state index is 0.687. The zero-order chi connectivity index (χ0) is 9.97. The van der Waals surface area contributed by atoms with Crippen molar-refractivity contribution >= 4 is 10.9 Å². The fourth-order valence-corrected chi connectivity index (χ4v) is 1.34. The first-order valence-corrected chi connectivity index (χ1v) is 4.23. The normalized spacial score (nSPS) is 10.1. The van der Waals surface area contributed by atoms with Crippen molar-refractivity contribution in [3.8, 4) is 11.5 Å². The lowest BCUT2D eigenvalue weighted by Gasteiger charge is -2.07. The third-order valence-electron chi connectivity index (χ3n) is 2.03. The van der Waals surface area contributed by atoms with Crippen molar-refractivity contribution in [2.75, 3.05) is 14.2 Å². The molecule has 3 heteroatoms. The standard InChI is InChI=1S/C11H10NO2/c1-13-10-6-8-4-3-5-12-9(8)7-11(10)14-2/h3,5-7H,1-2H3. The van der Waals surface area contributed by atoms with Crippen LogP contribution in [0.3, 0.4) is 0 Å². The van der Waals surface area contributed by atoms with Crippen LogP contribution in [-0.4, -0.2) is 19.2 Å². The van der Waals surface area contributed by atoms with Crippen molar-refractivity contribution in [1.29, 1.82) is 0 Å². The number of methoxy groups -OCH3 is 2. The van der Waals surface area contributed by atoms with Crippen molar-refractivity contribution in [2.45, 2.75) is 0 Å². The van der Waals surface area contributed by atoms with Gasteiger partial charge in [-0.15, -0.1) is 0 Å². The summed E-state index contributed by atoms with van der Waals surface area (Å²) < 4.78 is 10.3. The van der Waals surface area contributed by atoms with Crippen LogP contribution in [0.4, 0.5) is 0 Å². The molecule has 14 heavy (non-hydrogen) atoms. The quantitative estimate of drug-likeness (QED) is 0.722. The molecule has 0 aliphatic carbocycles. The van der Waals surface area contributed by atoms with Crippen LogP contribution in [0, 0.1) is 6.07 Å². The summed E-state index contributed by atoms with van der Waals surface area (Å²) in [6.07, 6.45) is 1.70. The van der Waals surface area contributed by atoms with Crippen LogP contribution in [0.1, 0.15) is 0 Å². The third-order valence-corrected chi connectivity index (χ3v) is 2.03. The molecule has 0 aliphatic heterocycles. The Kier molecular flexibility index (Phi) is 2.23. The van der Waals surface area contributed by atoms with Gasteiger partial charge in [0.05, 0.1) is 19.7 Å². The molecule has 1 radical (unpaired) electrons. The Morgan fingerprint density at radius 2 is 1.86 bits per heavy atom. The van der Waals surface area contributed by atoms with E-state index in [1.54, 1.807) is 26.5 Å². The van der Waals surface area contributed by atoms with Crippen molar-refractivity contribution < 1.29 is 9.47 Å². The molecule has 2 aromatic rings. The van der Waals surface area contributed by atoms with Crippen LogP contribution in [-0.2, 0) is 0 Å². The fourth-order valence-electron chi connectivity index (χ4n) is 1.34. The van der Waals surface area contributed by atoms with Crippen molar-refractivity contribution in [3.05, 3.63) is 30.5 Å². The van der Waals surface area contributed by atoms with Gasteiger partial charge >= 0.3 is 0 Å². The number of benzene rings is 1. The molecule has 0 saturated heterocycles. The van der Waals surface area contributed by atoms with E-state index in [0.29, 0.717) is 11.5 Å². The summed E-state index contributed by atoms with van der Waals surface area (Å²) >= 11 is 0. The Bertz CT molecular complexity index is 411. The largest absolute Gasteiger partial charge is 0.493 e. The number of hydrogen-bond acceptors (Lipinski definition) is 3. The van der Waals surface area contributed by atoms with E-state index >= 15 is 0 Å². The molecule has 2 rings (SSSR count). The summed E-state index contributed by atoms with van der Waals surface area (Å²) in [4.78, 5) is 4.20. The number of ether oxygens (including phenoxy) is 2. The molecule has 0 N–H and O–H groups in total. The van der Waals surface area contributed by atoms with Crippen LogP contribution < -0.4 is 9.47 Å². The second kappa shape index (κ2) is 3.54. The van der Waals surface area contributed by atoms with Gasteiger partial charge in [-0.25, -0.2) is 0 Å². The second-order valence-electron chi connectivity index (χ2n) is 2.81. The lowest BCUT2D eigenvalue weighted by molar-refractivity contribution is 0.356. The highest BCUT2D eigenvalue weighted by atomic mass is 16.5. The van der Waals surface area contributed by atoms with E-state index in [4.69, 9.17) is 9.47 Å². The summed E-state index contributed by atoms with van der Waals surface area (Å²) in [5.41, 5.74) is 0.852. The summed E-state index contributed by atoms with van der Waals surface area (Å²) in [5, 5.41) is 0.921. The van der Waals surface area contributed by atoms with E-state index < -0.39 is 0 Å². The first-order chi connectivity index (χ1) is 6.85. The van der Waals surface area contributed by atoms with E-state index in [2.05, 4.69) is 11.1 Å². The predicted octanol–water partition coefficient (Wildman–Crippen LogP) is 2.05. The summed E-state index contributed by atoms with van der Waals surface area (Å²) in [7, 11) is 3.22. The van der Waals surface area contributed by atoms with Gasteiger partial charge in [0.1, 0.15) is 0 Å². The Morgan fingerprint density at radius 3 is 2.57 bits per heavy atom. The molecule has 0 spiro atoms. The molecule has 0 aliphatic rings.